The Morgan fingerprint density at radius 3 is 1.25 bits per heavy atom. The smallest absolute Gasteiger partial charge is 0.0847 e. The van der Waals surface area contributed by atoms with Crippen LogP contribution in [0.25, 0.3) is 0 Å². The third kappa shape index (κ3) is 8.90. The molecule has 0 spiro atoms. The van der Waals surface area contributed by atoms with E-state index < -0.39 is 0 Å². The number of hydrogen-bond acceptors (Lipinski definition) is 6. The van der Waals surface area contributed by atoms with E-state index in [0.717, 1.165) is 0 Å². The molecule has 0 aromatic rings. The Hall–Kier alpha value is -2.12. The van der Waals surface area contributed by atoms with E-state index in [0.29, 0.717) is 25.7 Å². The maximum absolute atomic E-state index is 8.66. The van der Waals surface area contributed by atoms with Crippen molar-refractivity contribution in [3.05, 3.63) is 0 Å². The molecule has 0 aromatic carbocycles. The number of nitriles is 4. The molecule has 6 nitrogen and oxygen atoms in total. The first-order valence-corrected chi connectivity index (χ1v) is 6.51. The number of hydrogen-bond donors (Lipinski definition) is 0. The van der Waals surface area contributed by atoms with Gasteiger partial charge in [-0.2, -0.15) is 21.0 Å². The van der Waals surface area contributed by atoms with E-state index in [1.54, 1.807) is 0 Å². The highest BCUT2D eigenvalue weighted by molar-refractivity contribution is 4.82. The molecular weight excluding hydrogens is 256 g/mol. The lowest BCUT2D eigenvalue weighted by atomic mass is 10.0. The van der Waals surface area contributed by atoms with Crippen molar-refractivity contribution >= 4 is 0 Å². The zero-order chi connectivity index (χ0) is 15.1. The highest BCUT2D eigenvalue weighted by Crippen LogP contribution is 2.16. The Balaban J connectivity index is 4.51. The van der Waals surface area contributed by atoms with E-state index in [9.17, 15) is 0 Å². The summed E-state index contributed by atoms with van der Waals surface area (Å²) in [6.45, 7) is 0.550. The molecule has 2 atom stereocenters. The van der Waals surface area contributed by atoms with Gasteiger partial charge in [0.2, 0.25) is 0 Å². The van der Waals surface area contributed by atoms with Crippen LogP contribution in [0.2, 0.25) is 0 Å². The van der Waals surface area contributed by atoms with Crippen molar-refractivity contribution in [2.75, 3.05) is 13.2 Å². The van der Waals surface area contributed by atoms with E-state index in [2.05, 4.69) is 0 Å². The monoisotopic (exact) mass is 274 g/mol. The zero-order valence-corrected chi connectivity index (χ0v) is 11.4. The average molecular weight is 274 g/mol. The highest BCUT2D eigenvalue weighted by atomic mass is 16.5. The van der Waals surface area contributed by atoms with Gasteiger partial charge in [-0.3, -0.25) is 0 Å². The normalized spacial score (nSPS) is 12.4. The molecule has 0 saturated carbocycles. The van der Waals surface area contributed by atoms with Crippen molar-refractivity contribution < 1.29 is 9.47 Å². The van der Waals surface area contributed by atoms with Crippen LogP contribution >= 0.6 is 0 Å². The predicted octanol–water partition coefficient (Wildman–Crippen LogP) is 2.19. The summed E-state index contributed by atoms with van der Waals surface area (Å²) in [7, 11) is 0. The van der Waals surface area contributed by atoms with Gasteiger partial charge in [0.25, 0.3) is 0 Å². The van der Waals surface area contributed by atoms with Crippen molar-refractivity contribution in [1.29, 1.82) is 21.0 Å². The van der Waals surface area contributed by atoms with Crippen LogP contribution in [0.3, 0.4) is 0 Å². The maximum Gasteiger partial charge on any atom is 0.0847 e. The molecule has 0 fully saturated rings. The second-order valence-electron chi connectivity index (χ2n) is 4.03. The molecule has 0 aliphatic carbocycles. The quantitative estimate of drug-likeness (QED) is 0.533. The topological polar surface area (TPSA) is 114 Å². The van der Waals surface area contributed by atoms with Gasteiger partial charge in [0.05, 0.1) is 62.5 Å². The summed E-state index contributed by atoms with van der Waals surface area (Å²) in [4.78, 5) is 0. The first-order valence-electron chi connectivity index (χ1n) is 6.51. The summed E-state index contributed by atoms with van der Waals surface area (Å²) in [5.74, 6) is 0. The van der Waals surface area contributed by atoms with Crippen molar-refractivity contribution in [3.8, 4) is 24.3 Å². The van der Waals surface area contributed by atoms with Crippen LogP contribution in [0.5, 0.6) is 0 Å². The standard InChI is InChI=1S/C14H18N4O2/c15-7-1-5-13(19-11-3-9-17)14(6-2-8-16)20-12-4-10-18/h13-14H,1-6,11-12H2. The molecule has 6 heteroatoms. The van der Waals surface area contributed by atoms with Crippen molar-refractivity contribution in [2.24, 2.45) is 0 Å². The molecule has 106 valence electrons. The van der Waals surface area contributed by atoms with Gasteiger partial charge in [0.15, 0.2) is 0 Å². The van der Waals surface area contributed by atoms with Gasteiger partial charge in [-0.1, -0.05) is 0 Å². The lowest BCUT2D eigenvalue weighted by Gasteiger charge is -2.26. The Bertz CT molecular complexity index is 371. The summed E-state index contributed by atoms with van der Waals surface area (Å²) in [6, 6.07) is 8.07. The summed E-state index contributed by atoms with van der Waals surface area (Å²) < 4.78 is 11.2. The van der Waals surface area contributed by atoms with Gasteiger partial charge >= 0.3 is 0 Å². The first kappa shape index (κ1) is 17.9. The largest absolute Gasteiger partial charge is 0.374 e. The number of nitrogens with zero attached hydrogens (tertiary/aromatic N) is 4. The van der Waals surface area contributed by atoms with Crippen LogP contribution in [0.4, 0.5) is 0 Å². The summed E-state index contributed by atoms with van der Waals surface area (Å²) >= 11 is 0. The fraction of sp³-hybridized carbons (Fsp3) is 0.714. The third-order valence-electron chi connectivity index (χ3n) is 2.59. The third-order valence-corrected chi connectivity index (χ3v) is 2.59. The van der Waals surface area contributed by atoms with Gasteiger partial charge in [0, 0.05) is 12.8 Å². The summed E-state index contributed by atoms with van der Waals surface area (Å²) in [6.07, 6.45) is 1.52. The van der Waals surface area contributed by atoms with Gasteiger partial charge < -0.3 is 9.47 Å². The Kier molecular flexibility index (Phi) is 11.9. The van der Waals surface area contributed by atoms with Crippen LogP contribution in [-0.2, 0) is 9.47 Å². The average Bonchev–Trinajstić information content (AvgIpc) is 2.47. The molecule has 0 rings (SSSR count). The highest BCUT2D eigenvalue weighted by Gasteiger charge is 2.22. The molecule has 0 amide bonds. The second-order valence-corrected chi connectivity index (χ2v) is 4.03. The Morgan fingerprint density at radius 1 is 0.600 bits per heavy atom. The van der Waals surface area contributed by atoms with E-state index in [1.165, 1.54) is 0 Å². The second kappa shape index (κ2) is 13.3. The maximum atomic E-state index is 8.66. The molecule has 0 saturated heterocycles. The van der Waals surface area contributed by atoms with Crippen LogP contribution < -0.4 is 0 Å². The summed E-state index contributed by atoms with van der Waals surface area (Å²) in [5, 5.41) is 34.4. The van der Waals surface area contributed by atoms with Crippen molar-refractivity contribution in [1.82, 2.24) is 0 Å². The minimum atomic E-state index is -0.324. The predicted molar refractivity (Wildman–Crippen MR) is 69.6 cm³/mol. The van der Waals surface area contributed by atoms with Gasteiger partial charge in [-0.25, -0.2) is 0 Å². The minimum absolute atomic E-state index is 0.270. The first-order chi connectivity index (χ1) is 9.79. The fourth-order valence-corrected chi connectivity index (χ4v) is 1.68. The SMILES string of the molecule is N#CCCOC(CCC#N)C(CCC#N)OCCC#N. The van der Waals surface area contributed by atoms with Crippen molar-refractivity contribution in [2.45, 2.75) is 50.7 Å². The van der Waals surface area contributed by atoms with Gasteiger partial charge in [-0.15, -0.1) is 0 Å². The van der Waals surface area contributed by atoms with E-state index in [-0.39, 0.29) is 38.3 Å². The molecule has 0 aromatic heterocycles. The van der Waals surface area contributed by atoms with Crippen LogP contribution in [0.15, 0.2) is 0 Å². The Morgan fingerprint density at radius 2 is 0.950 bits per heavy atom. The van der Waals surface area contributed by atoms with Gasteiger partial charge in [0.1, 0.15) is 0 Å². The fourth-order valence-electron chi connectivity index (χ4n) is 1.68. The van der Waals surface area contributed by atoms with Crippen LogP contribution in [-0.4, -0.2) is 25.4 Å². The molecular formula is C14H18N4O2. The van der Waals surface area contributed by atoms with Crippen molar-refractivity contribution in [3.63, 3.8) is 0 Å². The van der Waals surface area contributed by atoms with E-state index in [4.69, 9.17) is 30.5 Å². The molecule has 20 heavy (non-hydrogen) atoms. The molecule has 0 bridgehead atoms. The zero-order valence-electron chi connectivity index (χ0n) is 11.4. The molecule has 0 radical (unpaired) electrons. The molecule has 0 aliphatic heterocycles. The number of rotatable bonds is 11. The van der Waals surface area contributed by atoms with E-state index in [1.807, 2.05) is 24.3 Å². The van der Waals surface area contributed by atoms with E-state index >= 15 is 0 Å². The van der Waals surface area contributed by atoms with Gasteiger partial charge in [-0.05, 0) is 12.8 Å². The molecule has 0 heterocycles. The molecule has 0 aliphatic rings. The van der Waals surface area contributed by atoms with Crippen LogP contribution in [0, 0.1) is 45.3 Å². The molecule has 0 N–H and O–H groups in total. The lowest BCUT2D eigenvalue weighted by Crippen LogP contribution is -2.32. The molecule has 2 unspecified atom stereocenters. The summed E-state index contributed by atoms with van der Waals surface area (Å²) in [5.41, 5.74) is 0. The van der Waals surface area contributed by atoms with Crippen LogP contribution in [0.1, 0.15) is 38.5 Å². The minimum Gasteiger partial charge on any atom is -0.374 e. The lowest BCUT2D eigenvalue weighted by molar-refractivity contribution is -0.0760. The Labute approximate surface area is 119 Å². The number of ether oxygens (including phenoxy) is 2.